The van der Waals surface area contributed by atoms with Crippen LogP contribution in [0.5, 0.6) is 0 Å². The van der Waals surface area contributed by atoms with Crippen molar-refractivity contribution in [3.05, 3.63) is 29.8 Å². The van der Waals surface area contributed by atoms with Crippen molar-refractivity contribution in [3.63, 3.8) is 0 Å². The molecule has 1 nitrogen and oxygen atoms in total. The van der Waals surface area contributed by atoms with E-state index in [1.165, 1.54) is 3.61 Å². The number of rotatable bonds is 2. The van der Waals surface area contributed by atoms with Gasteiger partial charge in [0.1, 0.15) is 0 Å². The first kappa shape index (κ1) is 8.77. The monoisotopic (exact) mass is 264 g/mol. The molecule has 0 saturated heterocycles. The van der Waals surface area contributed by atoms with Gasteiger partial charge in [-0.05, 0) is 0 Å². The molecular formula is C9H10OTe. The van der Waals surface area contributed by atoms with E-state index in [1.54, 1.807) is 6.92 Å². The second-order valence-electron chi connectivity index (χ2n) is 2.28. The van der Waals surface area contributed by atoms with Crippen LogP contribution in [0, 0.1) is 0 Å². The molecule has 0 spiro atoms. The Balaban J connectivity index is 2.91. The maximum absolute atomic E-state index is 10.9. The predicted octanol–water partition coefficient (Wildman–Crippen LogP) is 1.27. The third kappa shape index (κ3) is 2.32. The van der Waals surface area contributed by atoms with Crippen molar-refractivity contribution >= 4 is 30.3 Å². The van der Waals surface area contributed by atoms with E-state index in [2.05, 4.69) is 17.1 Å². The molecular weight excluding hydrogens is 252 g/mol. The van der Waals surface area contributed by atoms with E-state index in [9.17, 15) is 4.79 Å². The van der Waals surface area contributed by atoms with Crippen LogP contribution in [0.1, 0.15) is 17.3 Å². The molecule has 0 aromatic heterocycles. The van der Waals surface area contributed by atoms with Gasteiger partial charge >= 0.3 is 76.8 Å². The fourth-order valence-corrected chi connectivity index (χ4v) is 1.99. The Morgan fingerprint density at radius 1 is 1.27 bits per heavy atom. The number of carbonyl (C=O) groups is 1. The summed E-state index contributed by atoms with van der Waals surface area (Å²) in [5, 5.41) is 0. The zero-order valence-corrected chi connectivity index (χ0v) is 8.96. The van der Waals surface area contributed by atoms with Gasteiger partial charge in [0.15, 0.2) is 0 Å². The number of hydrogen-bond donors (Lipinski definition) is 0. The number of Topliss-reactive ketones (excluding diaryl/α,β-unsaturated/α-hetero) is 1. The van der Waals surface area contributed by atoms with Crippen LogP contribution in [-0.2, 0) is 0 Å². The zero-order chi connectivity index (χ0) is 8.27. The summed E-state index contributed by atoms with van der Waals surface area (Å²) in [4.78, 5) is 13.1. The van der Waals surface area contributed by atoms with E-state index in [1.807, 2.05) is 12.1 Å². The topological polar surface area (TPSA) is 17.1 Å². The number of hydrogen-bond acceptors (Lipinski definition) is 1. The molecule has 0 atom stereocenters. The summed E-state index contributed by atoms with van der Waals surface area (Å²) in [6.45, 7) is 1.59. The van der Waals surface area contributed by atoms with Gasteiger partial charge in [0.2, 0.25) is 0 Å². The molecule has 1 aromatic rings. The molecule has 0 aliphatic rings. The van der Waals surface area contributed by atoms with Gasteiger partial charge in [0.05, 0.1) is 0 Å². The minimum atomic E-state index is 0.00895. The van der Waals surface area contributed by atoms with Gasteiger partial charge in [-0.1, -0.05) is 0 Å². The number of ketones is 1. The van der Waals surface area contributed by atoms with Gasteiger partial charge in [-0.25, -0.2) is 0 Å². The number of carbonyl (C=O) groups excluding carboxylic acids is 1. The summed E-state index contributed by atoms with van der Waals surface area (Å²) in [6, 6.07) is 7.93. The first-order valence-corrected chi connectivity index (χ1v) is 6.88. The van der Waals surface area contributed by atoms with Gasteiger partial charge in [0, 0.05) is 0 Å². The van der Waals surface area contributed by atoms with Gasteiger partial charge in [-0.15, -0.1) is 0 Å². The van der Waals surface area contributed by atoms with Crippen molar-refractivity contribution in [2.45, 2.75) is 11.9 Å². The van der Waals surface area contributed by atoms with E-state index < -0.39 is 0 Å². The third-order valence-electron chi connectivity index (χ3n) is 1.50. The molecule has 0 unspecified atom stereocenters. The molecule has 0 N–H and O–H groups in total. The van der Waals surface area contributed by atoms with E-state index >= 15 is 0 Å². The Morgan fingerprint density at radius 3 is 2.18 bits per heavy atom. The molecule has 1 rings (SSSR count). The zero-order valence-electron chi connectivity index (χ0n) is 6.63. The molecule has 0 amide bonds. The molecule has 0 heterocycles. The molecule has 0 radical (unpaired) electrons. The Hall–Kier alpha value is -0.320. The van der Waals surface area contributed by atoms with Crippen LogP contribution in [0.4, 0.5) is 0 Å². The normalized spacial score (nSPS) is 9.64. The van der Waals surface area contributed by atoms with Crippen LogP contribution in [0.3, 0.4) is 0 Å². The Kier molecular flexibility index (Phi) is 3.11. The number of benzene rings is 1. The fraction of sp³-hybridized carbons (Fsp3) is 0.222. The van der Waals surface area contributed by atoms with Crippen molar-refractivity contribution in [2.24, 2.45) is 0 Å². The first-order chi connectivity index (χ1) is 5.24. The Morgan fingerprint density at radius 2 is 1.82 bits per heavy atom. The van der Waals surface area contributed by atoms with Crippen molar-refractivity contribution in [2.75, 3.05) is 0 Å². The molecule has 0 saturated carbocycles. The van der Waals surface area contributed by atoms with E-state index in [0.717, 1.165) is 5.56 Å². The molecule has 0 fully saturated rings. The Bertz CT molecular complexity index is 251. The van der Waals surface area contributed by atoms with E-state index in [4.69, 9.17) is 0 Å². The van der Waals surface area contributed by atoms with Gasteiger partial charge in [-0.2, -0.15) is 0 Å². The van der Waals surface area contributed by atoms with Crippen LogP contribution in [0.15, 0.2) is 24.3 Å². The quantitative estimate of drug-likeness (QED) is 0.579. The summed E-state index contributed by atoms with van der Waals surface area (Å²) in [7, 11) is 0. The molecule has 58 valence electrons. The van der Waals surface area contributed by atoms with Crippen molar-refractivity contribution in [1.29, 1.82) is 0 Å². The summed E-state index contributed by atoms with van der Waals surface area (Å²) in [6.07, 6.45) is 0. The molecule has 1 aromatic carbocycles. The standard InChI is InChI=1S/C9H10OTe/c1-7(10)8-3-5-9(11-2)6-4-8/h3-6H,1-2H3. The molecule has 0 bridgehead atoms. The predicted molar refractivity (Wildman–Crippen MR) is 47.7 cm³/mol. The summed E-state index contributed by atoms with van der Waals surface area (Å²) >= 11 is 0.00895. The van der Waals surface area contributed by atoms with Crippen LogP contribution in [0.2, 0.25) is 4.97 Å². The summed E-state index contributed by atoms with van der Waals surface area (Å²) in [5.41, 5.74) is 0.815. The maximum atomic E-state index is 10.9. The van der Waals surface area contributed by atoms with E-state index in [-0.39, 0.29) is 26.7 Å². The average Bonchev–Trinajstić information content (AvgIpc) is 2.05. The fourth-order valence-electron chi connectivity index (χ4n) is 0.826. The van der Waals surface area contributed by atoms with Crippen LogP contribution < -0.4 is 3.61 Å². The molecule has 2 heteroatoms. The van der Waals surface area contributed by atoms with Crippen LogP contribution >= 0.6 is 0 Å². The summed E-state index contributed by atoms with van der Waals surface area (Å²) in [5.74, 6) is 0.147. The SMILES string of the molecule is C[Te]c1ccc(C(C)=O)cc1. The molecule has 0 aliphatic heterocycles. The molecule has 0 aliphatic carbocycles. The van der Waals surface area contributed by atoms with Crippen molar-refractivity contribution < 1.29 is 4.79 Å². The van der Waals surface area contributed by atoms with Crippen LogP contribution in [0.25, 0.3) is 0 Å². The van der Waals surface area contributed by atoms with Crippen LogP contribution in [-0.4, -0.2) is 26.7 Å². The van der Waals surface area contributed by atoms with E-state index in [0.29, 0.717) is 0 Å². The average molecular weight is 262 g/mol. The van der Waals surface area contributed by atoms with Crippen molar-refractivity contribution in [3.8, 4) is 0 Å². The second kappa shape index (κ2) is 3.90. The first-order valence-electron chi connectivity index (χ1n) is 3.39. The Labute approximate surface area is 76.9 Å². The summed E-state index contributed by atoms with van der Waals surface area (Å²) < 4.78 is 1.40. The van der Waals surface area contributed by atoms with Gasteiger partial charge < -0.3 is 0 Å². The minimum absolute atomic E-state index is 0.00895. The van der Waals surface area contributed by atoms with Gasteiger partial charge in [-0.3, -0.25) is 0 Å². The van der Waals surface area contributed by atoms with Gasteiger partial charge in [0.25, 0.3) is 0 Å². The third-order valence-corrected chi connectivity index (χ3v) is 3.62. The second-order valence-corrected chi connectivity index (χ2v) is 4.80. The van der Waals surface area contributed by atoms with Crippen molar-refractivity contribution in [1.82, 2.24) is 0 Å². The molecule has 11 heavy (non-hydrogen) atoms.